The van der Waals surface area contributed by atoms with E-state index in [9.17, 15) is 4.79 Å². The summed E-state index contributed by atoms with van der Waals surface area (Å²) in [6.45, 7) is 2.49. The van der Waals surface area contributed by atoms with Crippen LogP contribution in [0.15, 0.2) is 18.2 Å². The van der Waals surface area contributed by atoms with Crippen molar-refractivity contribution in [3.8, 4) is 11.5 Å². The third kappa shape index (κ3) is 4.27. The Bertz CT molecular complexity index is 520. The molecule has 0 saturated heterocycles. The van der Waals surface area contributed by atoms with Crippen LogP contribution in [-0.4, -0.2) is 32.2 Å². The number of hydrogen-bond acceptors (Lipinski definition) is 4. The normalized spacial score (nSPS) is 16.2. The number of nitrogens with two attached hydrogens (primary N) is 1. The Balaban J connectivity index is 0.00000242. The third-order valence-electron chi connectivity index (χ3n) is 4.14. The Hall–Kier alpha value is -1.46. The van der Waals surface area contributed by atoms with Gasteiger partial charge in [0.2, 0.25) is 5.91 Å². The first kappa shape index (κ1) is 18.6. The smallest absolute Gasteiger partial charge is 0.224 e. The highest BCUT2D eigenvalue weighted by Gasteiger charge is 2.41. The quantitative estimate of drug-likeness (QED) is 0.802. The van der Waals surface area contributed by atoms with E-state index in [0.29, 0.717) is 30.4 Å². The van der Waals surface area contributed by atoms with E-state index in [1.807, 2.05) is 25.1 Å². The lowest BCUT2D eigenvalue weighted by atomic mass is 9.95. The molecule has 1 aromatic carbocycles. The van der Waals surface area contributed by atoms with Gasteiger partial charge in [0.1, 0.15) is 0 Å². The number of ether oxygens (including phenoxy) is 2. The van der Waals surface area contributed by atoms with E-state index < -0.39 is 0 Å². The number of methoxy groups -OCH3 is 2. The molecular weight excluding hydrogens is 304 g/mol. The summed E-state index contributed by atoms with van der Waals surface area (Å²) < 4.78 is 10.4. The Morgan fingerprint density at radius 2 is 1.95 bits per heavy atom. The fraction of sp³-hybridized carbons (Fsp3) is 0.562. The number of halogens is 1. The average Bonchev–Trinajstić information content (AvgIpc) is 3.31. The second-order valence-electron chi connectivity index (χ2n) is 5.81. The second kappa shape index (κ2) is 7.70. The molecule has 0 radical (unpaired) electrons. The summed E-state index contributed by atoms with van der Waals surface area (Å²) in [6.07, 6.45) is 2.59. The minimum atomic E-state index is -0.284. The molecule has 0 heterocycles. The third-order valence-corrected chi connectivity index (χ3v) is 4.14. The summed E-state index contributed by atoms with van der Waals surface area (Å²) in [5.74, 6) is 1.79. The molecule has 124 valence electrons. The molecule has 0 aromatic heterocycles. The molecule has 1 aromatic rings. The molecule has 1 amide bonds. The van der Waals surface area contributed by atoms with Gasteiger partial charge in [-0.15, -0.1) is 12.4 Å². The van der Waals surface area contributed by atoms with Crippen molar-refractivity contribution in [2.75, 3.05) is 20.8 Å². The molecule has 1 saturated carbocycles. The van der Waals surface area contributed by atoms with Crippen LogP contribution >= 0.6 is 12.4 Å². The predicted molar refractivity (Wildman–Crippen MR) is 88.8 cm³/mol. The van der Waals surface area contributed by atoms with Gasteiger partial charge >= 0.3 is 0 Å². The van der Waals surface area contributed by atoms with E-state index in [1.165, 1.54) is 0 Å². The van der Waals surface area contributed by atoms with Crippen LogP contribution in [0.2, 0.25) is 0 Å². The fourth-order valence-electron chi connectivity index (χ4n) is 2.58. The van der Waals surface area contributed by atoms with Crippen molar-refractivity contribution in [1.82, 2.24) is 5.32 Å². The molecule has 1 fully saturated rings. The topological polar surface area (TPSA) is 73.6 Å². The van der Waals surface area contributed by atoms with Gasteiger partial charge < -0.3 is 20.5 Å². The van der Waals surface area contributed by atoms with Gasteiger partial charge in [-0.25, -0.2) is 0 Å². The average molecular weight is 329 g/mol. The Labute approximate surface area is 138 Å². The standard InChI is InChI=1S/C16H24N2O3.ClH/c1-16(10-17,12-5-6-12)18-15(19)9-11-4-7-13(20-2)14(8-11)21-3;/h4,7-8,12H,5-6,9-10,17H2,1-3H3,(H,18,19);1H. The SMILES string of the molecule is COc1ccc(CC(=O)NC(C)(CN)C2CC2)cc1OC.Cl. The monoisotopic (exact) mass is 328 g/mol. The number of benzene rings is 1. The van der Waals surface area contributed by atoms with Gasteiger partial charge in [0.25, 0.3) is 0 Å². The van der Waals surface area contributed by atoms with Crippen LogP contribution < -0.4 is 20.5 Å². The maximum Gasteiger partial charge on any atom is 0.224 e. The summed E-state index contributed by atoms with van der Waals surface area (Å²) in [6, 6.07) is 5.51. The van der Waals surface area contributed by atoms with Crippen LogP contribution in [0.3, 0.4) is 0 Å². The van der Waals surface area contributed by atoms with E-state index in [4.69, 9.17) is 15.2 Å². The van der Waals surface area contributed by atoms with E-state index >= 15 is 0 Å². The lowest BCUT2D eigenvalue weighted by molar-refractivity contribution is -0.122. The molecule has 2 rings (SSSR count). The Morgan fingerprint density at radius 3 is 2.45 bits per heavy atom. The molecular formula is C16H25ClN2O3. The van der Waals surface area contributed by atoms with E-state index in [0.717, 1.165) is 18.4 Å². The van der Waals surface area contributed by atoms with Crippen molar-refractivity contribution in [2.45, 2.75) is 31.7 Å². The highest BCUT2D eigenvalue weighted by molar-refractivity contribution is 5.85. The molecule has 1 unspecified atom stereocenters. The number of rotatable bonds is 7. The summed E-state index contributed by atoms with van der Waals surface area (Å²) in [7, 11) is 3.17. The zero-order valence-electron chi connectivity index (χ0n) is 13.3. The van der Waals surface area contributed by atoms with Crippen molar-refractivity contribution in [2.24, 2.45) is 11.7 Å². The summed E-state index contributed by atoms with van der Waals surface area (Å²) >= 11 is 0. The van der Waals surface area contributed by atoms with Crippen LogP contribution in [0.25, 0.3) is 0 Å². The maximum absolute atomic E-state index is 12.2. The van der Waals surface area contributed by atoms with Crippen LogP contribution in [0.5, 0.6) is 11.5 Å². The number of carbonyl (C=O) groups is 1. The summed E-state index contributed by atoms with van der Waals surface area (Å²) in [4.78, 5) is 12.2. The van der Waals surface area contributed by atoms with Gasteiger partial charge in [0.05, 0.1) is 26.2 Å². The molecule has 0 aliphatic heterocycles. The van der Waals surface area contributed by atoms with E-state index in [1.54, 1.807) is 14.2 Å². The number of carbonyl (C=O) groups excluding carboxylic acids is 1. The van der Waals surface area contributed by atoms with Crippen LogP contribution in [0.4, 0.5) is 0 Å². The van der Waals surface area contributed by atoms with Crippen molar-refractivity contribution < 1.29 is 14.3 Å². The molecule has 3 N–H and O–H groups in total. The number of amides is 1. The first-order valence-electron chi connectivity index (χ1n) is 7.24. The summed E-state index contributed by atoms with van der Waals surface area (Å²) in [5, 5.41) is 3.08. The number of hydrogen-bond donors (Lipinski definition) is 2. The van der Waals surface area contributed by atoms with Gasteiger partial charge in [-0.1, -0.05) is 6.07 Å². The van der Waals surface area contributed by atoms with Crippen LogP contribution in [-0.2, 0) is 11.2 Å². The molecule has 1 atom stereocenters. The predicted octanol–water partition coefficient (Wildman–Crippen LogP) is 1.91. The van der Waals surface area contributed by atoms with Gasteiger partial charge in [-0.3, -0.25) is 4.79 Å². The second-order valence-corrected chi connectivity index (χ2v) is 5.81. The van der Waals surface area contributed by atoms with Gasteiger partial charge in [-0.2, -0.15) is 0 Å². The maximum atomic E-state index is 12.2. The van der Waals surface area contributed by atoms with E-state index in [-0.39, 0.29) is 23.9 Å². The van der Waals surface area contributed by atoms with E-state index in [2.05, 4.69) is 5.32 Å². The first-order chi connectivity index (χ1) is 10.0. The molecule has 1 aliphatic carbocycles. The number of nitrogens with one attached hydrogen (secondary N) is 1. The lowest BCUT2D eigenvalue weighted by Crippen LogP contribution is -2.53. The van der Waals surface area contributed by atoms with Crippen LogP contribution in [0.1, 0.15) is 25.3 Å². The van der Waals surface area contributed by atoms with Gasteiger partial charge in [0.15, 0.2) is 11.5 Å². The molecule has 5 nitrogen and oxygen atoms in total. The molecule has 22 heavy (non-hydrogen) atoms. The molecule has 1 aliphatic rings. The van der Waals surface area contributed by atoms with Crippen molar-refractivity contribution >= 4 is 18.3 Å². The first-order valence-corrected chi connectivity index (χ1v) is 7.24. The van der Waals surface area contributed by atoms with Crippen molar-refractivity contribution in [3.63, 3.8) is 0 Å². The van der Waals surface area contributed by atoms with Crippen LogP contribution in [0, 0.1) is 5.92 Å². The zero-order valence-corrected chi connectivity index (χ0v) is 14.2. The highest BCUT2D eigenvalue weighted by Crippen LogP contribution is 2.39. The highest BCUT2D eigenvalue weighted by atomic mass is 35.5. The largest absolute Gasteiger partial charge is 0.493 e. The van der Waals surface area contributed by atoms with Gasteiger partial charge in [0, 0.05) is 6.54 Å². The molecule has 0 spiro atoms. The Kier molecular flexibility index (Phi) is 6.50. The molecule has 6 heteroatoms. The minimum absolute atomic E-state index is 0. The van der Waals surface area contributed by atoms with Crippen molar-refractivity contribution in [3.05, 3.63) is 23.8 Å². The molecule has 0 bridgehead atoms. The Morgan fingerprint density at radius 1 is 1.32 bits per heavy atom. The zero-order chi connectivity index (χ0) is 15.5. The minimum Gasteiger partial charge on any atom is -0.493 e. The van der Waals surface area contributed by atoms with Crippen molar-refractivity contribution in [1.29, 1.82) is 0 Å². The summed E-state index contributed by atoms with van der Waals surface area (Å²) in [5.41, 5.74) is 6.43. The fourth-order valence-corrected chi connectivity index (χ4v) is 2.58. The lowest BCUT2D eigenvalue weighted by Gasteiger charge is -2.29. The van der Waals surface area contributed by atoms with Gasteiger partial charge in [-0.05, 0) is 43.4 Å².